The fourth-order valence-electron chi connectivity index (χ4n) is 6.85. The predicted molar refractivity (Wildman–Crippen MR) is 187 cm³/mol. The monoisotopic (exact) mass is 652 g/mol. The summed E-state index contributed by atoms with van der Waals surface area (Å²) in [7, 11) is -0.503. The number of benzene rings is 2. The van der Waals surface area contributed by atoms with Gasteiger partial charge in [-0.2, -0.15) is 0 Å². The topological polar surface area (TPSA) is 77.5 Å². The van der Waals surface area contributed by atoms with Crippen molar-refractivity contribution in [3.63, 3.8) is 0 Å². The number of methoxy groups -OCH3 is 2. The van der Waals surface area contributed by atoms with Crippen LogP contribution in [0.1, 0.15) is 63.9 Å². The summed E-state index contributed by atoms with van der Waals surface area (Å²) < 4.78 is 24.5. The molecule has 246 valence electrons. The second-order valence-electron chi connectivity index (χ2n) is 14.4. The Morgan fingerprint density at radius 2 is 1.49 bits per heavy atom. The van der Waals surface area contributed by atoms with Crippen molar-refractivity contribution in [2.24, 2.45) is 0 Å². The van der Waals surface area contributed by atoms with Crippen LogP contribution in [-0.2, 0) is 9.53 Å². The lowest BCUT2D eigenvalue weighted by molar-refractivity contribution is -0.122. The molecule has 2 aromatic carbocycles. The molecule has 2 aromatic rings. The van der Waals surface area contributed by atoms with Crippen LogP contribution in [0.25, 0.3) is 5.57 Å². The van der Waals surface area contributed by atoms with Gasteiger partial charge >= 0.3 is 0 Å². The van der Waals surface area contributed by atoms with Crippen LogP contribution in [0.3, 0.4) is 0 Å². The first kappa shape index (κ1) is 34.8. The normalized spacial score (nSPS) is 17.1. The largest absolute Gasteiger partial charge is 0.540 e. The maximum atomic E-state index is 14.4. The van der Waals surface area contributed by atoms with Crippen LogP contribution in [-0.4, -0.2) is 66.7 Å². The Balaban J connectivity index is 1.82. The number of amides is 2. The molecule has 0 spiro atoms. The molecule has 2 amide bonds. The number of ether oxygens (including phenoxy) is 3. The molecule has 0 saturated heterocycles. The van der Waals surface area contributed by atoms with Gasteiger partial charge in [-0.05, 0) is 52.0 Å². The van der Waals surface area contributed by atoms with E-state index in [0.29, 0.717) is 52.4 Å². The van der Waals surface area contributed by atoms with E-state index in [4.69, 9.17) is 18.6 Å². The van der Waals surface area contributed by atoms with E-state index < -0.39 is 22.4 Å². The smallest absolute Gasteiger partial charge is 0.260 e. The number of carbonyl (C=O) groups is 2. The molecule has 45 heavy (non-hydrogen) atoms. The van der Waals surface area contributed by atoms with Crippen molar-refractivity contribution in [1.82, 2.24) is 4.90 Å². The first-order valence-corrected chi connectivity index (χ1v) is 22.0. The van der Waals surface area contributed by atoms with Crippen LogP contribution < -0.4 is 18.8 Å². The number of rotatable bonds is 13. The second kappa shape index (κ2) is 13.7. The number of hydrogen-bond donors (Lipinski definition) is 0. The zero-order valence-corrected chi connectivity index (χ0v) is 31.0. The standard InChI is InChI=1S/C35H52N2O6Si2/c1-23(2)45(24(3)4,25(5)6)43-33-20-30-29(19-32(33)41-8)34(38)36-21-27(26-12-14-28(40-7)15-13-26)18-31(36)35(39)37(30)22-42-16-17-44(9,10)11/h12-15,19-21,23-25,31H,16-18,22H2,1-11H3/t31-/m0/s1. The van der Waals surface area contributed by atoms with E-state index in [9.17, 15) is 9.59 Å². The fourth-order valence-corrected chi connectivity index (χ4v) is 12.9. The third-order valence-electron chi connectivity index (χ3n) is 9.30. The summed E-state index contributed by atoms with van der Waals surface area (Å²) in [6, 6.07) is 11.6. The Morgan fingerprint density at radius 3 is 2.02 bits per heavy atom. The van der Waals surface area contributed by atoms with Crippen LogP contribution in [0.4, 0.5) is 5.69 Å². The molecule has 2 aliphatic heterocycles. The molecule has 0 fully saturated rings. The molecular weight excluding hydrogens is 601 g/mol. The molecule has 0 bridgehead atoms. The zero-order valence-electron chi connectivity index (χ0n) is 29.0. The van der Waals surface area contributed by atoms with Gasteiger partial charge in [0, 0.05) is 33.4 Å². The summed E-state index contributed by atoms with van der Waals surface area (Å²) in [5.41, 5.74) is 3.75. The average Bonchev–Trinajstić information content (AvgIpc) is 3.41. The molecule has 4 rings (SSSR count). The van der Waals surface area contributed by atoms with E-state index in [1.165, 1.54) is 0 Å². The fraction of sp³-hybridized carbons (Fsp3) is 0.543. The maximum Gasteiger partial charge on any atom is 0.260 e. The van der Waals surface area contributed by atoms with Crippen LogP contribution in [0, 0.1) is 0 Å². The summed E-state index contributed by atoms with van der Waals surface area (Å²) in [5, 5.41) is 0. The molecule has 0 N–H and O–H groups in total. The van der Waals surface area contributed by atoms with Gasteiger partial charge in [0.05, 0.1) is 25.5 Å². The molecule has 0 aliphatic carbocycles. The minimum Gasteiger partial charge on any atom is -0.540 e. The van der Waals surface area contributed by atoms with E-state index in [0.717, 1.165) is 22.9 Å². The molecule has 10 heteroatoms. The lowest BCUT2D eigenvalue weighted by atomic mass is 10.0. The van der Waals surface area contributed by atoms with E-state index in [1.807, 2.05) is 36.5 Å². The number of anilines is 1. The van der Waals surface area contributed by atoms with Crippen LogP contribution in [0.15, 0.2) is 42.6 Å². The highest BCUT2D eigenvalue weighted by molar-refractivity contribution is 6.78. The number of fused-ring (bicyclic) bond motifs is 2. The summed E-state index contributed by atoms with van der Waals surface area (Å²) in [6.07, 6.45) is 2.22. The van der Waals surface area contributed by atoms with Gasteiger partial charge in [-0.1, -0.05) is 73.3 Å². The summed E-state index contributed by atoms with van der Waals surface area (Å²) in [4.78, 5) is 31.9. The minimum atomic E-state index is -2.38. The Morgan fingerprint density at radius 1 is 0.867 bits per heavy atom. The third kappa shape index (κ3) is 7.02. The van der Waals surface area contributed by atoms with E-state index in [-0.39, 0.29) is 18.5 Å². The minimum absolute atomic E-state index is 0.0543. The van der Waals surface area contributed by atoms with Gasteiger partial charge in [0.25, 0.3) is 20.1 Å². The number of carbonyl (C=O) groups excluding carboxylic acids is 2. The first-order chi connectivity index (χ1) is 21.1. The number of nitrogens with zero attached hydrogens (tertiary/aromatic N) is 2. The van der Waals surface area contributed by atoms with Gasteiger partial charge in [-0.15, -0.1) is 0 Å². The van der Waals surface area contributed by atoms with Crippen molar-refractivity contribution in [2.75, 3.05) is 32.5 Å². The average molecular weight is 653 g/mol. The van der Waals surface area contributed by atoms with E-state index in [2.05, 4.69) is 61.2 Å². The third-order valence-corrected chi connectivity index (χ3v) is 17.0. The van der Waals surface area contributed by atoms with Gasteiger partial charge in [0.15, 0.2) is 5.75 Å². The van der Waals surface area contributed by atoms with Crippen molar-refractivity contribution < 1.29 is 28.2 Å². The molecule has 2 heterocycles. The highest BCUT2D eigenvalue weighted by Gasteiger charge is 2.48. The second-order valence-corrected chi connectivity index (χ2v) is 25.4. The molecule has 0 saturated carbocycles. The number of hydrogen-bond acceptors (Lipinski definition) is 6. The van der Waals surface area contributed by atoms with Crippen LogP contribution >= 0.6 is 0 Å². The molecule has 1 atom stereocenters. The lowest BCUT2D eigenvalue weighted by Crippen LogP contribution is -2.50. The van der Waals surface area contributed by atoms with Crippen molar-refractivity contribution in [2.45, 2.75) is 96.3 Å². The van der Waals surface area contributed by atoms with Gasteiger partial charge in [0.2, 0.25) is 0 Å². The SMILES string of the molecule is COc1ccc(C2=CN3C(=O)c4cc(OC)c(O[Si](C(C)C)(C(C)C)C(C)C)cc4N(COCC[Si](C)(C)C)C(=O)[C@@H]3C2)cc1. The Hall–Kier alpha value is -3.09. The van der Waals surface area contributed by atoms with Gasteiger partial charge in [-0.25, -0.2) is 0 Å². The van der Waals surface area contributed by atoms with Gasteiger partial charge in [0.1, 0.15) is 24.3 Å². The highest BCUT2D eigenvalue weighted by Crippen LogP contribution is 2.47. The molecular formula is C35H52N2O6Si2. The summed E-state index contributed by atoms with van der Waals surface area (Å²) in [5.74, 6) is 1.39. The van der Waals surface area contributed by atoms with Gasteiger partial charge in [-0.3, -0.25) is 14.5 Å². The molecule has 8 nitrogen and oxygen atoms in total. The molecule has 0 radical (unpaired) electrons. The van der Waals surface area contributed by atoms with Crippen molar-refractivity contribution in [1.29, 1.82) is 0 Å². The Kier molecular flexibility index (Phi) is 10.6. The molecule has 0 aromatic heterocycles. The van der Waals surface area contributed by atoms with Crippen LogP contribution in [0.5, 0.6) is 17.2 Å². The van der Waals surface area contributed by atoms with Crippen molar-refractivity contribution >= 4 is 39.5 Å². The van der Waals surface area contributed by atoms with E-state index in [1.54, 1.807) is 30.1 Å². The summed E-state index contributed by atoms with van der Waals surface area (Å²) in [6.45, 7) is 20.9. The maximum absolute atomic E-state index is 14.4. The lowest BCUT2D eigenvalue weighted by Gasteiger charge is -2.42. The van der Waals surface area contributed by atoms with Crippen LogP contribution in [0.2, 0.25) is 42.3 Å². The Labute approximate surface area is 271 Å². The first-order valence-electron chi connectivity index (χ1n) is 16.1. The van der Waals surface area contributed by atoms with E-state index >= 15 is 0 Å². The quantitative estimate of drug-likeness (QED) is 0.161. The van der Waals surface area contributed by atoms with Crippen molar-refractivity contribution in [3.05, 3.63) is 53.7 Å². The Bertz CT molecular complexity index is 1390. The summed E-state index contributed by atoms with van der Waals surface area (Å²) >= 11 is 0. The predicted octanol–water partition coefficient (Wildman–Crippen LogP) is 8.17. The van der Waals surface area contributed by atoms with Gasteiger partial charge < -0.3 is 23.5 Å². The molecule has 0 unspecified atom stereocenters. The zero-order chi connectivity index (χ0) is 33.3. The molecule has 2 aliphatic rings. The highest BCUT2D eigenvalue weighted by atomic mass is 28.4. The van der Waals surface area contributed by atoms with Crippen molar-refractivity contribution in [3.8, 4) is 17.2 Å².